The van der Waals surface area contributed by atoms with Gasteiger partial charge in [0, 0.05) is 11.4 Å². The fraction of sp³-hybridized carbons (Fsp3) is 0.595. The van der Waals surface area contributed by atoms with Crippen LogP contribution in [0.25, 0.3) is 0 Å². The summed E-state index contributed by atoms with van der Waals surface area (Å²) in [4.78, 5) is 41.0. The van der Waals surface area contributed by atoms with Crippen molar-refractivity contribution in [3.05, 3.63) is 58.7 Å². The number of carbonyl (C=O) groups is 3. The molecule has 6 rings (SSSR count). The van der Waals surface area contributed by atoms with Gasteiger partial charge in [-0.2, -0.15) is 0 Å². The number of aliphatic hydroxyl groups is 1. The number of nitrogen functional groups attached to an aromatic ring is 1. The van der Waals surface area contributed by atoms with E-state index in [1.54, 1.807) is 0 Å². The van der Waals surface area contributed by atoms with Crippen molar-refractivity contribution < 1.29 is 19.5 Å². The molecule has 4 aliphatic carbocycles. The van der Waals surface area contributed by atoms with Gasteiger partial charge in [0.05, 0.1) is 17.4 Å². The highest BCUT2D eigenvalue weighted by Gasteiger charge is 2.55. The normalized spacial score (nSPS) is 34.3. The van der Waals surface area contributed by atoms with Gasteiger partial charge in [-0.1, -0.05) is 39.8 Å². The molecular weight excluding hydrogens is 564 g/mol. The fourth-order valence-corrected chi connectivity index (χ4v) is 9.67. The van der Waals surface area contributed by atoms with E-state index in [1.165, 1.54) is 16.7 Å². The number of benzene rings is 2. The highest BCUT2D eigenvalue weighted by molar-refractivity contribution is 6.01. The van der Waals surface area contributed by atoms with Gasteiger partial charge in [-0.05, 0) is 133 Å². The van der Waals surface area contributed by atoms with Crippen LogP contribution >= 0.6 is 0 Å². The molecule has 9 atom stereocenters. The number of hydrogen-bond donors (Lipinski definition) is 5. The first kappa shape index (κ1) is 31.7. The Bertz CT molecular complexity index is 1510. The zero-order valence-electron chi connectivity index (χ0n) is 27.2. The molecule has 7 N–H and O–H groups in total. The summed E-state index contributed by atoms with van der Waals surface area (Å²) in [5, 5.41) is 15.2. The summed E-state index contributed by atoms with van der Waals surface area (Å²) in [5.74, 6) is 0.713. The number of fused-ring (bicyclic) bond motifs is 6. The van der Waals surface area contributed by atoms with Crippen molar-refractivity contribution in [1.29, 1.82) is 0 Å². The van der Waals surface area contributed by atoms with Crippen LogP contribution in [0.4, 0.5) is 11.4 Å². The van der Waals surface area contributed by atoms with E-state index in [4.69, 9.17) is 11.5 Å². The molecule has 0 bridgehead atoms. The number of carbonyl (C=O) groups excluding carboxylic acids is 3. The van der Waals surface area contributed by atoms with Gasteiger partial charge in [0.25, 0.3) is 0 Å². The second-order valence-electron chi connectivity index (χ2n) is 15.1. The first-order chi connectivity index (χ1) is 21.4. The Balaban J connectivity index is 1.24. The third-order valence-electron chi connectivity index (χ3n) is 12.5. The molecule has 45 heavy (non-hydrogen) atoms. The number of aryl methyl sites for hydroxylation is 2. The van der Waals surface area contributed by atoms with Crippen LogP contribution in [0.5, 0.6) is 0 Å². The van der Waals surface area contributed by atoms with E-state index in [0.717, 1.165) is 62.6 Å². The number of rotatable bonds is 5. The van der Waals surface area contributed by atoms with Gasteiger partial charge in [0.1, 0.15) is 6.04 Å². The third kappa shape index (κ3) is 5.38. The quantitative estimate of drug-likeness (QED) is 0.236. The molecule has 2 aromatic rings. The molecule has 0 aliphatic heterocycles. The molecule has 0 spiro atoms. The topological polar surface area (TPSA) is 148 Å². The largest absolute Gasteiger partial charge is 0.399 e. The summed E-state index contributed by atoms with van der Waals surface area (Å²) in [6, 6.07) is 11.2. The summed E-state index contributed by atoms with van der Waals surface area (Å²) in [7, 11) is 0. The molecule has 0 radical (unpaired) electrons. The minimum atomic E-state index is -0.988. The second kappa shape index (κ2) is 11.8. The lowest BCUT2D eigenvalue weighted by molar-refractivity contribution is -0.149. The van der Waals surface area contributed by atoms with E-state index >= 15 is 0 Å². The Hall–Kier alpha value is -3.23. The van der Waals surface area contributed by atoms with Crippen LogP contribution in [0.1, 0.15) is 100 Å². The summed E-state index contributed by atoms with van der Waals surface area (Å²) in [5.41, 5.74) is 17.1. The summed E-state index contributed by atoms with van der Waals surface area (Å²) >= 11 is 0. The van der Waals surface area contributed by atoms with Crippen LogP contribution in [0.3, 0.4) is 0 Å². The van der Waals surface area contributed by atoms with Gasteiger partial charge in [-0.25, -0.2) is 0 Å². The number of aliphatic hydroxyl groups excluding tert-OH is 1. The van der Waals surface area contributed by atoms with Crippen LogP contribution in [0, 0.1) is 34.5 Å². The van der Waals surface area contributed by atoms with Crippen LogP contribution in [-0.4, -0.2) is 35.5 Å². The van der Waals surface area contributed by atoms with Crippen LogP contribution in [0.2, 0.25) is 0 Å². The van der Waals surface area contributed by atoms with Gasteiger partial charge in [0.15, 0.2) is 0 Å². The molecule has 2 saturated carbocycles. The standard InChI is InChI=1S/C37H50N4O4/c1-20-13-15-36(3,28-11-7-22-5-9-24(38)17-26(22)31(20)28)34(44)41-35(45)37(4)16-14-21(2)32-27-18-25(40-33(43)30(39)19-42)10-6-23(27)8-12-29(32)37/h5-6,9-10,17-18,20-21,28-32,42H,7-8,11-16,19,38-39H2,1-4H3,(H,40,43)(H,41,44,45)/t20-,21-,28+,29+,30-,31+,32+,36-,37-/m0/s1. The van der Waals surface area contributed by atoms with E-state index < -0.39 is 29.4 Å². The highest BCUT2D eigenvalue weighted by atomic mass is 16.3. The Morgan fingerprint density at radius 1 is 0.844 bits per heavy atom. The van der Waals surface area contributed by atoms with E-state index in [2.05, 4.69) is 56.5 Å². The van der Waals surface area contributed by atoms with Gasteiger partial charge in [-0.15, -0.1) is 0 Å². The minimum Gasteiger partial charge on any atom is -0.399 e. The number of imide groups is 1. The highest BCUT2D eigenvalue weighted by Crippen LogP contribution is 2.58. The first-order valence-electron chi connectivity index (χ1n) is 16.9. The zero-order valence-corrected chi connectivity index (χ0v) is 27.2. The summed E-state index contributed by atoms with van der Waals surface area (Å²) in [6.45, 7) is 8.26. The second-order valence-corrected chi connectivity index (χ2v) is 15.1. The summed E-state index contributed by atoms with van der Waals surface area (Å²) in [6.07, 6.45) is 6.89. The number of nitrogens with one attached hydrogen (secondary N) is 2. The maximum atomic E-state index is 14.3. The van der Waals surface area contributed by atoms with E-state index in [9.17, 15) is 19.5 Å². The molecule has 0 heterocycles. The fourth-order valence-electron chi connectivity index (χ4n) is 9.67. The SMILES string of the molecule is C[C@H]1CC[C@](C)(C(=O)NC(=O)[C@@]2(C)CC[C@H](C)[C@@H]3c4cc(NC(=O)[C@@H](N)CO)ccc4CC[C@H]32)[C@@H]2CCc3ccc(N)cc3[C@H]21. The van der Waals surface area contributed by atoms with Gasteiger partial charge >= 0.3 is 0 Å². The molecular formula is C37H50N4O4. The number of hydrogen-bond acceptors (Lipinski definition) is 6. The molecule has 8 nitrogen and oxygen atoms in total. The first-order valence-corrected chi connectivity index (χ1v) is 16.9. The monoisotopic (exact) mass is 614 g/mol. The van der Waals surface area contributed by atoms with E-state index in [0.29, 0.717) is 17.5 Å². The number of anilines is 2. The Morgan fingerprint density at radius 2 is 1.36 bits per heavy atom. The molecule has 4 aliphatic rings. The molecule has 3 amide bonds. The van der Waals surface area contributed by atoms with Gasteiger partial charge in [0.2, 0.25) is 17.7 Å². The average molecular weight is 615 g/mol. The average Bonchev–Trinajstić information content (AvgIpc) is 3.03. The van der Waals surface area contributed by atoms with Gasteiger partial charge in [-0.3, -0.25) is 19.7 Å². The van der Waals surface area contributed by atoms with Gasteiger partial charge < -0.3 is 21.9 Å². The van der Waals surface area contributed by atoms with Crippen molar-refractivity contribution in [2.45, 2.75) is 96.9 Å². The number of amides is 3. The Labute approximate surface area is 267 Å². The smallest absolute Gasteiger partial charge is 0.243 e. The Kier molecular flexibility index (Phi) is 8.36. The minimum absolute atomic E-state index is 0.0728. The third-order valence-corrected chi connectivity index (χ3v) is 12.5. The lowest BCUT2D eigenvalue weighted by Crippen LogP contribution is -2.57. The van der Waals surface area contributed by atoms with Crippen LogP contribution < -0.4 is 22.1 Å². The van der Waals surface area contributed by atoms with E-state index in [-0.39, 0.29) is 35.5 Å². The molecule has 0 unspecified atom stereocenters. The predicted molar refractivity (Wildman–Crippen MR) is 176 cm³/mol. The molecule has 2 fully saturated rings. The molecule has 8 heteroatoms. The van der Waals surface area contributed by atoms with Crippen LogP contribution in [0.15, 0.2) is 36.4 Å². The van der Waals surface area contributed by atoms with Crippen molar-refractivity contribution >= 4 is 29.1 Å². The van der Waals surface area contributed by atoms with Crippen LogP contribution in [-0.2, 0) is 27.2 Å². The molecule has 0 aromatic heterocycles. The van der Waals surface area contributed by atoms with E-state index in [1.807, 2.05) is 18.2 Å². The van der Waals surface area contributed by atoms with Crippen molar-refractivity contribution in [1.82, 2.24) is 5.32 Å². The molecule has 0 saturated heterocycles. The maximum absolute atomic E-state index is 14.3. The lowest BCUT2D eigenvalue weighted by atomic mass is 9.52. The summed E-state index contributed by atoms with van der Waals surface area (Å²) < 4.78 is 0. The number of nitrogens with two attached hydrogens (primary N) is 2. The van der Waals surface area contributed by atoms with Crippen molar-refractivity contribution in [3.8, 4) is 0 Å². The zero-order chi connectivity index (χ0) is 32.3. The van der Waals surface area contributed by atoms with Crippen molar-refractivity contribution in [2.75, 3.05) is 17.7 Å². The maximum Gasteiger partial charge on any atom is 0.243 e. The Morgan fingerprint density at radius 3 is 1.89 bits per heavy atom. The molecule has 2 aromatic carbocycles. The molecule has 242 valence electrons. The lowest BCUT2D eigenvalue weighted by Gasteiger charge is -2.52. The predicted octanol–water partition coefficient (Wildman–Crippen LogP) is 5.03. The van der Waals surface area contributed by atoms with Crippen molar-refractivity contribution in [2.24, 2.45) is 40.2 Å². The van der Waals surface area contributed by atoms with Crippen molar-refractivity contribution in [3.63, 3.8) is 0 Å².